The fourth-order valence-electron chi connectivity index (χ4n) is 2.57. The molecular formula is C21H26N2O2S. The topological polar surface area (TPSA) is 50.4 Å². The number of amides is 1. The van der Waals surface area contributed by atoms with E-state index in [1.54, 1.807) is 18.2 Å². The molecule has 26 heavy (non-hydrogen) atoms. The summed E-state index contributed by atoms with van der Waals surface area (Å²) in [5.41, 5.74) is 2.60. The van der Waals surface area contributed by atoms with E-state index in [1.165, 1.54) is 5.56 Å². The van der Waals surface area contributed by atoms with Gasteiger partial charge in [0.15, 0.2) is 5.11 Å². The van der Waals surface area contributed by atoms with E-state index in [0.717, 1.165) is 12.1 Å². The number of nitrogens with one attached hydrogen (secondary N) is 2. The van der Waals surface area contributed by atoms with Crippen molar-refractivity contribution in [2.75, 3.05) is 5.32 Å². The van der Waals surface area contributed by atoms with Crippen molar-refractivity contribution in [3.8, 4) is 5.75 Å². The zero-order valence-electron chi connectivity index (χ0n) is 15.7. The van der Waals surface area contributed by atoms with E-state index in [-0.39, 0.29) is 17.1 Å². The third kappa shape index (κ3) is 5.56. The molecule has 1 atom stereocenters. The molecule has 0 spiro atoms. The SMILES string of the molecule is CCC(C)c1ccccc1NC(=S)NC(=O)c1cccc(OC(C)C)c1. The smallest absolute Gasteiger partial charge is 0.257 e. The Morgan fingerprint density at radius 2 is 1.85 bits per heavy atom. The number of anilines is 1. The number of carbonyl (C=O) groups is 1. The lowest BCUT2D eigenvalue weighted by molar-refractivity contribution is 0.0977. The summed E-state index contributed by atoms with van der Waals surface area (Å²) in [6.07, 6.45) is 1.08. The van der Waals surface area contributed by atoms with E-state index in [9.17, 15) is 4.79 Å². The maximum atomic E-state index is 12.5. The van der Waals surface area contributed by atoms with Crippen LogP contribution in [-0.4, -0.2) is 17.1 Å². The van der Waals surface area contributed by atoms with Gasteiger partial charge in [0.05, 0.1) is 6.10 Å². The Morgan fingerprint density at radius 1 is 1.12 bits per heavy atom. The zero-order valence-corrected chi connectivity index (χ0v) is 16.5. The van der Waals surface area contributed by atoms with E-state index < -0.39 is 0 Å². The van der Waals surface area contributed by atoms with Crippen molar-refractivity contribution in [1.82, 2.24) is 5.32 Å². The van der Waals surface area contributed by atoms with E-state index in [0.29, 0.717) is 17.2 Å². The van der Waals surface area contributed by atoms with Gasteiger partial charge in [0.1, 0.15) is 5.75 Å². The molecule has 0 aromatic heterocycles. The third-order valence-corrected chi connectivity index (χ3v) is 4.25. The number of rotatable bonds is 6. The largest absolute Gasteiger partial charge is 0.491 e. The quantitative estimate of drug-likeness (QED) is 0.694. The summed E-state index contributed by atoms with van der Waals surface area (Å²) < 4.78 is 5.63. The molecule has 5 heteroatoms. The van der Waals surface area contributed by atoms with Gasteiger partial charge in [-0.05, 0) is 68.2 Å². The first-order valence-electron chi connectivity index (χ1n) is 8.88. The average Bonchev–Trinajstić information content (AvgIpc) is 2.61. The Balaban J connectivity index is 2.05. The van der Waals surface area contributed by atoms with Crippen molar-refractivity contribution in [3.05, 3.63) is 59.7 Å². The fraction of sp³-hybridized carbons (Fsp3) is 0.333. The summed E-state index contributed by atoms with van der Waals surface area (Å²) in [4.78, 5) is 12.5. The lowest BCUT2D eigenvalue weighted by Gasteiger charge is -2.17. The number of hydrogen-bond donors (Lipinski definition) is 2. The van der Waals surface area contributed by atoms with Crippen LogP contribution < -0.4 is 15.4 Å². The van der Waals surface area contributed by atoms with Gasteiger partial charge in [-0.15, -0.1) is 0 Å². The molecule has 0 heterocycles. The van der Waals surface area contributed by atoms with E-state index in [4.69, 9.17) is 17.0 Å². The molecule has 138 valence electrons. The summed E-state index contributed by atoms with van der Waals surface area (Å²) in [6, 6.07) is 15.1. The Hall–Kier alpha value is -2.40. The van der Waals surface area contributed by atoms with Crippen molar-refractivity contribution < 1.29 is 9.53 Å². The van der Waals surface area contributed by atoms with Crippen LogP contribution in [-0.2, 0) is 0 Å². The molecule has 0 aliphatic carbocycles. The first-order valence-corrected chi connectivity index (χ1v) is 9.29. The van der Waals surface area contributed by atoms with E-state index >= 15 is 0 Å². The maximum absolute atomic E-state index is 12.5. The maximum Gasteiger partial charge on any atom is 0.257 e. The van der Waals surface area contributed by atoms with Gasteiger partial charge in [0.25, 0.3) is 5.91 Å². The molecule has 0 radical (unpaired) electrons. The van der Waals surface area contributed by atoms with Gasteiger partial charge in [0, 0.05) is 11.3 Å². The van der Waals surface area contributed by atoms with Gasteiger partial charge in [-0.3, -0.25) is 10.1 Å². The minimum Gasteiger partial charge on any atom is -0.491 e. The molecule has 2 aromatic rings. The predicted molar refractivity (Wildman–Crippen MR) is 111 cm³/mol. The van der Waals surface area contributed by atoms with Crippen LogP contribution in [0.5, 0.6) is 5.75 Å². The highest BCUT2D eigenvalue weighted by Crippen LogP contribution is 2.26. The molecule has 0 aliphatic heterocycles. The molecule has 0 fully saturated rings. The first-order chi connectivity index (χ1) is 12.4. The number of hydrogen-bond acceptors (Lipinski definition) is 3. The molecule has 4 nitrogen and oxygen atoms in total. The van der Waals surface area contributed by atoms with Gasteiger partial charge >= 0.3 is 0 Å². The number of para-hydroxylation sites is 1. The lowest BCUT2D eigenvalue weighted by atomic mass is 9.97. The Kier molecular flexibility index (Phi) is 7.16. The molecule has 2 rings (SSSR count). The van der Waals surface area contributed by atoms with Crippen LogP contribution in [0.25, 0.3) is 0 Å². The summed E-state index contributed by atoms with van der Waals surface area (Å²) in [5.74, 6) is 0.799. The molecule has 1 unspecified atom stereocenters. The highest BCUT2D eigenvalue weighted by atomic mass is 32.1. The monoisotopic (exact) mass is 370 g/mol. The van der Waals surface area contributed by atoms with Gasteiger partial charge in [-0.1, -0.05) is 38.1 Å². The molecular weight excluding hydrogens is 344 g/mol. The molecule has 1 amide bonds. The van der Waals surface area contributed by atoms with E-state index in [1.807, 2.05) is 38.1 Å². The second-order valence-electron chi connectivity index (χ2n) is 6.50. The van der Waals surface area contributed by atoms with E-state index in [2.05, 4.69) is 30.5 Å². The van der Waals surface area contributed by atoms with Crippen LogP contribution in [0.4, 0.5) is 5.69 Å². The number of benzene rings is 2. The summed E-state index contributed by atoms with van der Waals surface area (Å²) in [7, 11) is 0. The van der Waals surface area contributed by atoms with Gasteiger partial charge in [-0.25, -0.2) is 0 Å². The molecule has 0 saturated heterocycles. The van der Waals surface area contributed by atoms with Crippen LogP contribution in [0.1, 0.15) is 56.0 Å². The average molecular weight is 371 g/mol. The van der Waals surface area contributed by atoms with Crippen molar-refractivity contribution in [1.29, 1.82) is 0 Å². The van der Waals surface area contributed by atoms with Gasteiger partial charge in [-0.2, -0.15) is 0 Å². The first kappa shape index (κ1) is 19.9. The Morgan fingerprint density at radius 3 is 2.54 bits per heavy atom. The summed E-state index contributed by atoms with van der Waals surface area (Å²) in [6.45, 7) is 8.21. The number of ether oxygens (including phenoxy) is 1. The molecule has 0 bridgehead atoms. The Bertz CT molecular complexity index is 774. The van der Waals surface area contributed by atoms with Crippen LogP contribution in [0.2, 0.25) is 0 Å². The zero-order chi connectivity index (χ0) is 19.1. The number of thiocarbonyl (C=S) groups is 1. The minimum absolute atomic E-state index is 0.0492. The standard InChI is InChI=1S/C21H26N2O2S/c1-5-15(4)18-11-6-7-12-19(18)22-21(26)23-20(24)16-9-8-10-17(13-16)25-14(2)3/h6-15H,5H2,1-4H3,(H2,22,23,24,26). The Labute approximate surface area is 161 Å². The normalized spacial score (nSPS) is 11.7. The van der Waals surface area contributed by atoms with Gasteiger partial charge in [0.2, 0.25) is 0 Å². The van der Waals surface area contributed by atoms with Crippen molar-refractivity contribution in [3.63, 3.8) is 0 Å². The van der Waals surface area contributed by atoms with Crippen molar-refractivity contribution >= 4 is 28.9 Å². The molecule has 2 N–H and O–H groups in total. The van der Waals surface area contributed by atoms with Crippen LogP contribution in [0.3, 0.4) is 0 Å². The van der Waals surface area contributed by atoms with Crippen LogP contribution in [0.15, 0.2) is 48.5 Å². The van der Waals surface area contributed by atoms with Crippen LogP contribution in [0, 0.1) is 0 Å². The number of carbonyl (C=O) groups excluding carboxylic acids is 1. The molecule has 0 aliphatic rings. The second-order valence-corrected chi connectivity index (χ2v) is 6.91. The highest BCUT2D eigenvalue weighted by molar-refractivity contribution is 7.80. The summed E-state index contributed by atoms with van der Waals surface area (Å²) in [5, 5.41) is 6.16. The summed E-state index contributed by atoms with van der Waals surface area (Å²) >= 11 is 5.32. The third-order valence-electron chi connectivity index (χ3n) is 4.05. The molecule has 2 aromatic carbocycles. The second kappa shape index (κ2) is 9.34. The minimum atomic E-state index is -0.266. The van der Waals surface area contributed by atoms with Crippen molar-refractivity contribution in [2.24, 2.45) is 0 Å². The van der Waals surface area contributed by atoms with Gasteiger partial charge < -0.3 is 10.1 Å². The predicted octanol–water partition coefficient (Wildman–Crippen LogP) is 5.11. The van der Waals surface area contributed by atoms with Crippen molar-refractivity contribution in [2.45, 2.75) is 46.1 Å². The fourth-order valence-corrected chi connectivity index (χ4v) is 2.77. The lowest BCUT2D eigenvalue weighted by Crippen LogP contribution is -2.34. The highest BCUT2D eigenvalue weighted by Gasteiger charge is 2.12. The molecule has 0 saturated carbocycles. The van der Waals surface area contributed by atoms with Crippen LogP contribution >= 0.6 is 12.2 Å².